The summed E-state index contributed by atoms with van der Waals surface area (Å²) in [4.78, 5) is 0. The van der Waals surface area contributed by atoms with Crippen LogP contribution in [0.2, 0.25) is 0 Å². The van der Waals surface area contributed by atoms with E-state index in [4.69, 9.17) is 4.74 Å². The van der Waals surface area contributed by atoms with Crippen LogP contribution >= 0.6 is 15.9 Å². The van der Waals surface area contributed by atoms with Crippen molar-refractivity contribution in [2.45, 2.75) is 43.8 Å². The highest BCUT2D eigenvalue weighted by Crippen LogP contribution is 2.47. The van der Waals surface area contributed by atoms with E-state index in [-0.39, 0.29) is 11.7 Å². The highest BCUT2D eigenvalue weighted by molar-refractivity contribution is 9.10. The van der Waals surface area contributed by atoms with Gasteiger partial charge in [-0.05, 0) is 49.7 Å². The Kier molecular flexibility index (Phi) is 3.48. The molecule has 18 heavy (non-hydrogen) atoms. The minimum atomic E-state index is -0.373. The molecule has 1 spiro atoms. The molecule has 1 N–H and O–H groups in total. The molecule has 1 aromatic carbocycles. The SMILES string of the molecule is OC(c1ccccc1Br)C1CCOC2(CCC2)C1. The van der Waals surface area contributed by atoms with Crippen LogP contribution < -0.4 is 0 Å². The highest BCUT2D eigenvalue weighted by atomic mass is 79.9. The maximum atomic E-state index is 10.6. The van der Waals surface area contributed by atoms with E-state index in [1.165, 1.54) is 19.3 Å². The molecule has 1 aliphatic heterocycles. The van der Waals surface area contributed by atoms with Crippen molar-refractivity contribution in [2.75, 3.05) is 6.61 Å². The number of aliphatic hydroxyl groups excluding tert-OH is 1. The zero-order valence-electron chi connectivity index (χ0n) is 10.4. The van der Waals surface area contributed by atoms with Crippen LogP contribution in [-0.4, -0.2) is 17.3 Å². The molecule has 1 saturated heterocycles. The van der Waals surface area contributed by atoms with Gasteiger partial charge in [-0.2, -0.15) is 0 Å². The van der Waals surface area contributed by atoms with Gasteiger partial charge in [-0.15, -0.1) is 0 Å². The Morgan fingerprint density at radius 1 is 1.33 bits per heavy atom. The summed E-state index contributed by atoms with van der Waals surface area (Å²) >= 11 is 3.53. The summed E-state index contributed by atoms with van der Waals surface area (Å²) in [5.74, 6) is 0.331. The van der Waals surface area contributed by atoms with Crippen molar-refractivity contribution in [1.29, 1.82) is 0 Å². The number of hydrogen-bond acceptors (Lipinski definition) is 2. The molecule has 0 aromatic heterocycles. The predicted octanol–water partition coefficient (Wildman–Crippen LogP) is 3.83. The smallest absolute Gasteiger partial charge is 0.0831 e. The molecule has 2 unspecified atom stereocenters. The lowest BCUT2D eigenvalue weighted by Crippen LogP contribution is -2.46. The van der Waals surface area contributed by atoms with E-state index < -0.39 is 0 Å². The maximum absolute atomic E-state index is 10.6. The van der Waals surface area contributed by atoms with Crippen molar-refractivity contribution in [3.8, 4) is 0 Å². The molecule has 98 valence electrons. The summed E-state index contributed by atoms with van der Waals surface area (Å²) in [7, 11) is 0. The first-order chi connectivity index (χ1) is 8.70. The standard InChI is InChI=1S/C15H19BrO2/c16-13-5-2-1-4-12(13)14(17)11-6-9-18-15(10-11)7-3-8-15/h1-2,4-5,11,14,17H,3,6-10H2. The third-order valence-corrected chi connectivity index (χ3v) is 5.19. The van der Waals surface area contributed by atoms with Crippen molar-refractivity contribution in [1.82, 2.24) is 0 Å². The second-order valence-corrected chi connectivity index (χ2v) is 6.46. The van der Waals surface area contributed by atoms with Crippen molar-refractivity contribution >= 4 is 15.9 Å². The van der Waals surface area contributed by atoms with E-state index in [1.807, 2.05) is 24.3 Å². The Morgan fingerprint density at radius 2 is 2.11 bits per heavy atom. The first-order valence-corrected chi connectivity index (χ1v) is 7.56. The topological polar surface area (TPSA) is 29.5 Å². The fourth-order valence-electron chi connectivity index (χ4n) is 3.22. The zero-order chi connectivity index (χ0) is 12.6. The molecule has 1 saturated carbocycles. The Labute approximate surface area is 116 Å². The van der Waals surface area contributed by atoms with Gasteiger partial charge in [-0.1, -0.05) is 34.1 Å². The van der Waals surface area contributed by atoms with Crippen LogP contribution in [0.3, 0.4) is 0 Å². The Bertz CT molecular complexity index is 428. The third kappa shape index (κ3) is 2.24. The molecule has 0 bridgehead atoms. The van der Waals surface area contributed by atoms with Crippen molar-refractivity contribution in [3.63, 3.8) is 0 Å². The lowest BCUT2D eigenvalue weighted by atomic mass is 9.70. The average Bonchev–Trinajstić information content (AvgIpc) is 2.37. The van der Waals surface area contributed by atoms with Gasteiger partial charge in [-0.25, -0.2) is 0 Å². The molecule has 2 nitrogen and oxygen atoms in total. The summed E-state index contributed by atoms with van der Waals surface area (Å²) in [5, 5.41) is 10.6. The number of aliphatic hydroxyl groups is 1. The van der Waals surface area contributed by atoms with Gasteiger partial charge in [0.05, 0.1) is 11.7 Å². The second-order valence-electron chi connectivity index (χ2n) is 5.60. The van der Waals surface area contributed by atoms with Crippen LogP contribution in [-0.2, 0) is 4.74 Å². The Morgan fingerprint density at radius 3 is 2.78 bits per heavy atom. The number of rotatable bonds is 2. The largest absolute Gasteiger partial charge is 0.388 e. The van der Waals surface area contributed by atoms with Crippen LogP contribution in [0.5, 0.6) is 0 Å². The van der Waals surface area contributed by atoms with Gasteiger partial charge in [-0.3, -0.25) is 0 Å². The molecule has 2 atom stereocenters. The number of halogens is 1. The molecule has 1 aliphatic carbocycles. The van der Waals surface area contributed by atoms with Crippen LogP contribution in [0.25, 0.3) is 0 Å². The first kappa shape index (κ1) is 12.6. The Hall–Kier alpha value is -0.380. The fraction of sp³-hybridized carbons (Fsp3) is 0.600. The van der Waals surface area contributed by atoms with E-state index in [2.05, 4.69) is 15.9 Å². The minimum Gasteiger partial charge on any atom is -0.388 e. The van der Waals surface area contributed by atoms with Crippen molar-refractivity contribution in [2.24, 2.45) is 5.92 Å². The van der Waals surface area contributed by atoms with Gasteiger partial charge < -0.3 is 9.84 Å². The summed E-state index contributed by atoms with van der Waals surface area (Å²) in [6.45, 7) is 0.798. The van der Waals surface area contributed by atoms with Crippen LogP contribution in [0, 0.1) is 5.92 Å². The molecule has 3 heteroatoms. The van der Waals surface area contributed by atoms with Crippen molar-refractivity contribution in [3.05, 3.63) is 34.3 Å². The highest BCUT2D eigenvalue weighted by Gasteiger charge is 2.44. The van der Waals surface area contributed by atoms with E-state index >= 15 is 0 Å². The van der Waals surface area contributed by atoms with Gasteiger partial charge in [0.1, 0.15) is 0 Å². The van der Waals surface area contributed by atoms with Crippen LogP contribution in [0.15, 0.2) is 28.7 Å². The average molecular weight is 311 g/mol. The number of benzene rings is 1. The normalized spacial score (nSPS) is 27.8. The first-order valence-electron chi connectivity index (χ1n) is 6.77. The fourth-order valence-corrected chi connectivity index (χ4v) is 3.74. The van der Waals surface area contributed by atoms with E-state index in [1.54, 1.807) is 0 Å². The molecule has 0 radical (unpaired) electrons. The van der Waals surface area contributed by atoms with Crippen molar-refractivity contribution < 1.29 is 9.84 Å². The monoisotopic (exact) mass is 310 g/mol. The molecule has 2 fully saturated rings. The van der Waals surface area contributed by atoms with Crippen LogP contribution in [0.4, 0.5) is 0 Å². The lowest BCUT2D eigenvalue weighted by molar-refractivity contribution is -0.157. The lowest BCUT2D eigenvalue weighted by Gasteiger charge is -2.48. The molecule has 3 rings (SSSR count). The molecule has 1 aromatic rings. The Balaban J connectivity index is 1.76. The summed E-state index contributed by atoms with van der Waals surface area (Å²) in [6, 6.07) is 7.98. The number of ether oxygens (including phenoxy) is 1. The van der Waals surface area contributed by atoms with Gasteiger partial charge in [0.2, 0.25) is 0 Å². The molecular formula is C15H19BrO2. The molecule has 2 aliphatic rings. The van der Waals surface area contributed by atoms with E-state index in [0.717, 1.165) is 29.5 Å². The third-order valence-electron chi connectivity index (χ3n) is 4.47. The molecule has 0 amide bonds. The zero-order valence-corrected chi connectivity index (χ0v) is 12.0. The van der Waals surface area contributed by atoms with Gasteiger partial charge in [0.25, 0.3) is 0 Å². The van der Waals surface area contributed by atoms with Crippen LogP contribution in [0.1, 0.15) is 43.8 Å². The second kappa shape index (κ2) is 4.95. The summed E-state index contributed by atoms with van der Waals surface area (Å²) in [6.07, 6.45) is 5.22. The molecular weight excluding hydrogens is 292 g/mol. The van der Waals surface area contributed by atoms with Gasteiger partial charge in [0, 0.05) is 11.1 Å². The van der Waals surface area contributed by atoms with Gasteiger partial charge in [0.15, 0.2) is 0 Å². The summed E-state index contributed by atoms with van der Waals surface area (Å²) < 4.78 is 6.93. The minimum absolute atomic E-state index is 0.102. The summed E-state index contributed by atoms with van der Waals surface area (Å²) in [5.41, 5.74) is 1.12. The van der Waals surface area contributed by atoms with E-state index in [9.17, 15) is 5.11 Å². The van der Waals surface area contributed by atoms with Gasteiger partial charge >= 0.3 is 0 Å². The number of hydrogen-bond donors (Lipinski definition) is 1. The predicted molar refractivity (Wildman–Crippen MR) is 74.4 cm³/mol. The maximum Gasteiger partial charge on any atom is 0.0831 e. The van der Waals surface area contributed by atoms with E-state index in [0.29, 0.717) is 5.92 Å². The molecule has 1 heterocycles. The quantitative estimate of drug-likeness (QED) is 0.899.